The molecule has 0 radical (unpaired) electrons. The minimum Gasteiger partial charge on any atom is -0.497 e. The molecule has 0 unspecified atom stereocenters. The highest BCUT2D eigenvalue weighted by Crippen LogP contribution is 2.11. The molecule has 1 aliphatic heterocycles. The largest absolute Gasteiger partial charge is 0.497 e. The molecule has 2 aromatic rings. The smallest absolute Gasteiger partial charge is 0.317 e. The van der Waals surface area contributed by atoms with Crippen molar-refractivity contribution in [2.45, 2.75) is 13.0 Å². The fourth-order valence-corrected chi connectivity index (χ4v) is 3.07. The number of piperazine rings is 1. The molecule has 1 aromatic heterocycles. The van der Waals surface area contributed by atoms with Gasteiger partial charge in [-0.15, -0.1) is 0 Å². The van der Waals surface area contributed by atoms with E-state index in [0.29, 0.717) is 6.54 Å². The van der Waals surface area contributed by atoms with E-state index in [-0.39, 0.29) is 6.03 Å². The van der Waals surface area contributed by atoms with E-state index in [1.54, 1.807) is 13.3 Å². The number of methoxy groups -OCH3 is 1. The summed E-state index contributed by atoms with van der Waals surface area (Å²) >= 11 is 0. The van der Waals surface area contributed by atoms with E-state index in [4.69, 9.17) is 4.74 Å². The maximum absolute atomic E-state index is 12.3. The standard InChI is InChI=1S/C19H27N5O2/c1-26-18-5-3-17(4-6-18)7-9-20-19(25)23-14-11-22(12-15-23)13-16-24-10-2-8-21-24/h2-6,8,10H,7,9,11-16H2,1H3,(H,20,25). The summed E-state index contributed by atoms with van der Waals surface area (Å²) in [6.07, 6.45) is 4.60. The van der Waals surface area contributed by atoms with Gasteiger partial charge in [-0.25, -0.2) is 4.79 Å². The molecule has 7 heteroatoms. The lowest BCUT2D eigenvalue weighted by atomic mass is 10.1. The third-order valence-electron chi connectivity index (χ3n) is 4.71. The van der Waals surface area contributed by atoms with Crippen molar-refractivity contribution in [3.05, 3.63) is 48.3 Å². The van der Waals surface area contributed by atoms with Crippen LogP contribution in [0.4, 0.5) is 4.79 Å². The van der Waals surface area contributed by atoms with Gasteiger partial charge >= 0.3 is 6.03 Å². The molecule has 1 saturated heterocycles. The number of urea groups is 1. The van der Waals surface area contributed by atoms with Gasteiger partial charge in [-0.3, -0.25) is 9.58 Å². The van der Waals surface area contributed by atoms with Gasteiger partial charge in [0.2, 0.25) is 0 Å². The summed E-state index contributed by atoms with van der Waals surface area (Å²) in [5.74, 6) is 0.850. The van der Waals surface area contributed by atoms with E-state index >= 15 is 0 Å². The van der Waals surface area contributed by atoms with E-state index in [1.165, 1.54) is 5.56 Å². The second-order valence-corrected chi connectivity index (χ2v) is 6.43. The van der Waals surface area contributed by atoms with Crippen molar-refractivity contribution in [3.8, 4) is 5.75 Å². The van der Waals surface area contributed by atoms with Crippen molar-refractivity contribution < 1.29 is 9.53 Å². The molecular weight excluding hydrogens is 330 g/mol. The number of nitrogens with one attached hydrogen (secondary N) is 1. The van der Waals surface area contributed by atoms with Crippen LogP contribution in [-0.4, -0.2) is 72.0 Å². The summed E-state index contributed by atoms with van der Waals surface area (Å²) in [6, 6.07) is 9.92. The molecule has 0 spiro atoms. The second-order valence-electron chi connectivity index (χ2n) is 6.43. The molecule has 140 valence electrons. The highest BCUT2D eigenvalue weighted by atomic mass is 16.5. The Kier molecular flexibility index (Phi) is 6.49. The number of benzene rings is 1. The van der Waals surface area contributed by atoms with Crippen molar-refractivity contribution in [3.63, 3.8) is 0 Å². The van der Waals surface area contributed by atoms with Crippen molar-refractivity contribution in [1.29, 1.82) is 0 Å². The van der Waals surface area contributed by atoms with Crippen LogP contribution in [0.5, 0.6) is 5.75 Å². The number of amides is 2. The molecule has 1 aromatic carbocycles. The average molecular weight is 357 g/mol. The number of hydrogen-bond donors (Lipinski definition) is 1. The zero-order valence-electron chi connectivity index (χ0n) is 15.3. The second kappa shape index (κ2) is 9.24. The van der Waals surface area contributed by atoms with Crippen molar-refractivity contribution in [2.75, 3.05) is 46.4 Å². The van der Waals surface area contributed by atoms with Crippen LogP contribution in [-0.2, 0) is 13.0 Å². The third kappa shape index (κ3) is 5.23. The van der Waals surface area contributed by atoms with Gasteiger partial charge in [-0.05, 0) is 30.2 Å². The number of aromatic nitrogens is 2. The molecule has 0 atom stereocenters. The first kappa shape index (κ1) is 18.3. The number of nitrogens with zero attached hydrogens (tertiary/aromatic N) is 4. The monoisotopic (exact) mass is 357 g/mol. The van der Waals surface area contributed by atoms with E-state index in [1.807, 2.05) is 46.1 Å². The fraction of sp³-hybridized carbons (Fsp3) is 0.474. The van der Waals surface area contributed by atoms with Gasteiger partial charge in [0.05, 0.1) is 13.7 Å². The number of rotatable bonds is 7. The SMILES string of the molecule is COc1ccc(CCNC(=O)N2CCN(CCn3cccn3)CC2)cc1. The van der Waals surface area contributed by atoms with Crippen LogP contribution in [0.1, 0.15) is 5.56 Å². The molecule has 0 aliphatic carbocycles. The van der Waals surface area contributed by atoms with Crippen molar-refractivity contribution in [1.82, 2.24) is 24.9 Å². The van der Waals surface area contributed by atoms with E-state index in [9.17, 15) is 4.79 Å². The van der Waals surface area contributed by atoms with E-state index in [2.05, 4.69) is 15.3 Å². The lowest BCUT2D eigenvalue weighted by molar-refractivity contribution is 0.136. The van der Waals surface area contributed by atoms with Gasteiger partial charge in [-0.2, -0.15) is 5.10 Å². The van der Waals surface area contributed by atoms with Crippen LogP contribution >= 0.6 is 0 Å². The number of carbonyl (C=O) groups is 1. The summed E-state index contributed by atoms with van der Waals surface area (Å²) in [7, 11) is 1.66. The van der Waals surface area contributed by atoms with E-state index in [0.717, 1.165) is 51.4 Å². The van der Waals surface area contributed by atoms with Crippen LogP contribution in [0.25, 0.3) is 0 Å². The Morgan fingerprint density at radius 2 is 1.92 bits per heavy atom. The fourth-order valence-electron chi connectivity index (χ4n) is 3.07. The number of hydrogen-bond acceptors (Lipinski definition) is 4. The minimum absolute atomic E-state index is 0.0326. The van der Waals surface area contributed by atoms with Crippen LogP contribution in [0.3, 0.4) is 0 Å². The topological polar surface area (TPSA) is 62.6 Å². The minimum atomic E-state index is 0.0326. The number of carbonyl (C=O) groups excluding carboxylic acids is 1. The molecule has 1 aliphatic rings. The van der Waals surface area contributed by atoms with Crippen LogP contribution < -0.4 is 10.1 Å². The molecule has 0 bridgehead atoms. The Morgan fingerprint density at radius 1 is 1.15 bits per heavy atom. The summed E-state index contributed by atoms with van der Waals surface area (Å²) in [4.78, 5) is 16.6. The molecule has 26 heavy (non-hydrogen) atoms. The maximum Gasteiger partial charge on any atom is 0.317 e. The van der Waals surface area contributed by atoms with Crippen LogP contribution in [0, 0.1) is 0 Å². The third-order valence-corrected chi connectivity index (χ3v) is 4.71. The van der Waals surface area contributed by atoms with Crippen molar-refractivity contribution in [2.24, 2.45) is 0 Å². The highest BCUT2D eigenvalue weighted by molar-refractivity contribution is 5.74. The molecule has 1 fully saturated rings. The molecule has 1 N–H and O–H groups in total. The lowest BCUT2D eigenvalue weighted by Crippen LogP contribution is -2.52. The van der Waals surface area contributed by atoms with Gasteiger partial charge in [0.25, 0.3) is 0 Å². The van der Waals surface area contributed by atoms with E-state index < -0.39 is 0 Å². The molecule has 3 rings (SSSR count). The molecule has 0 saturated carbocycles. The Bertz CT molecular complexity index is 664. The zero-order valence-corrected chi connectivity index (χ0v) is 15.3. The summed E-state index contributed by atoms with van der Waals surface area (Å²) in [6.45, 7) is 5.86. The first-order chi connectivity index (χ1) is 12.7. The summed E-state index contributed by atoms with van der Waals surface area (Å²) in [5, 5.41) is 7.24. The summed E-state index contributed by atoms with van der Waals surface area (Å²) in [5.41, 5.74) is 1.19. The Morgan fingerprint density at radius 3 is 2.58 bits per heavy atom. The molecule has 7 nitrogen and oxygen atoms in total. The van der Waals surface area contributed by atoms with Gasteiger partial charge in [0.15, 0.2) is 0 Å². The predicted octanol–water partition coefficient (Wildman–Crippen LogP) is 1.46. The van der Waals surface area contributed by atoms with Gasteiger partial charge in [0, 0.05) is 51.7 Å². The average Bonchev–Trinajstić information content (AvgIpc) is 3.21. The molecule has 2 heterocycles. The Hall–Kier alpha value is -2.54. The normalized spacial score (nSPS) is 15.0. The van der Waals surface area contributed by atoms with Gasteiger partial charge in [0.1, 0.15) is 5.75 Å². The number of ether oxygens (including phenoxy) is 1. The van der Waals surface area contributed by atoms with Crippen LogP contribution in [0.15, 0.2) is 42.7 Å². The summed E-state index contributed by atoms with van der Waals surface area (Å²) < 4.78 is 7.10. The lowest BCUT2D eigenvalue weighted by Gasteiger charge is -2.34. The van der Waals surface area contributed by atoms with Crippen LogP contribution in [0.2, 0.25) is 0 Å². The molecular formula is C19H27N5O2. The zero-order chi connectivity index (χ0) is 18.2. The molecule has 2 amide bonds. The Balaban J connectivity index is 1.32. The van der Waals surface area contributed by atoms with Gasteiger partial charge in [-0.1, -0.05) is 12.1 Å². The first-order valence-electron chi connectivity index (χ1n) is 9.10. The highest BCUT2D eigenvalue weighted by Gasteiger charge is 2.20. The van der Waals surface area contributed by atoms with Crippen molar-refractivity contribution >= 4 is 6.03 Å². The maximum atomic E-state index is 12.3. The predicted molar refractivity (Wildman–Crippen MR) is 100 cm³/mol. The Labute approximate surface area is 154 Å². The quantitative estimate of drug-likeness (QED) is 0.815. The first-order valence-corrected chi connectivity index (χ1v) is 9.10. The van der Waals surface area contributed by atoms with Gasteiger partial charge < -0.3 is 15.0 Å².